The largest absolute Gasteiger partial charge is 0.484 e. The molecule has 0 spiro atoms. The van der Waals surface area contributed by atoms with Gasteiger partial charge in [-0.2, -0.15) is 10.4 Å². The van der Waals surface area contributed by atoms with Crippen molar-refractivity contribution >= 4 is 22.6 Å². The fraction of sp³-hybridized carbons (Fsp3) is 0.125. The minimum Gasteiger partial charge on any atom is -0.484 e. The Bertz CT molecular complexity index is 1280. The van der Waals surface area contributed by atoms with Crippen LogP contribution in [0.3, 0.4) is 0 Å². The highest BCUT2D eigenvalue weighted by Crippen LogP contribution is 2.34. The number of benzene rings is 2. The first-order valence-corrected chi connectivity index (χ1v) is 9.76. The van der Waals surface area contributed by atoms with Crippen molar-refractivity contribution in [2.24, 2.45) is 5.10 Å². The number of hydrazone groups is 1. The van der Waals surface area contributed by atoms with Crippen molar-refractivity contribution in [3.05, 3.63) is 90.1 Å². The van der Waals surface area contributed by atoms with Crippen LogP contribution in [0, 0.1) is 11.3 Å². The molecule has 0 saturated heterocycles. The van der Waals surface area contributed by atoms with Gasteiger partial charge in [0.15, 0.2) is 12.4 Å². The molecule has 152 valence electrons. The number of furan rings is 2. The molecule has 7 nitrogen and oxygen atoms in total. The summed E-state index contributed by atoms with van der Waals surface area (Å²) in [5, 5.41) is 15.9. The summed E-state index contributed by atoms with van der Waals surface area (Å²) in [7, 11) is 0. The van der Waals surface area contributed by atoms with Gasteiger partial charge in [0, 0.05) is 11.8 Å². The molecule has 2 aromatic carbocycles. The summed E-state index contributed by atoms with van der Waals surface area (Å²) in [4.78, 5) is 13.0. The summed E-state index contributed by atoms with van der Waals surface area (Å²) >= 11 is 0. The standard InChI is InChI=1S/C24H17N3O4/c25-14-16-5-3-7-18(11-16)30-15-24(28)27-20(22-9-4-10-29-22)13-19(26-27)23-12-17-6-1-2-8-21(17)31-23/h1-12,20H,13,15H2. The average Bonchev–Trinajstić information content (AvgIpc) is 3.56. The zero-order valence-electron chi connectivity index (χ0n) is 16.4. The van der Waals surface area contributed by atoms with Crippen LogP contribution in [-0.4, -0.2) is 23.2 Å². The highest BCUT2D eigenvalue weighted by atomic mass is 16.5. The van der Waals surface area contributed by atoms with Gasteiger partial charge in [-0.1, -0.05) is 24.3 Å². The predicted molar refractivity (Wildman–Crippen MR) is 112 cm³/mol. The highest BCUT2D eigenvalue weighted by molar-refractivity contribution is 6.03. The van der Waals surface area contributed by atoms with Crippen LogP contribution in [0.5, 0.6) is 5.75 Å². The van der Waals surface area contributed by atoms with E-state index in [0.717, 1.165) is 11.0 Å². The maximum Gasteiger partial charge on any atom is 0.281 e. The lowest BCUT2D eigenvalue weighted by Gasteiger charge is -2.20. The van der Waals surface area contributed by atoms with Crippen LogP contribution in [0.25, 0.3) is 11.0 Å². The number of nitriles is 1. The van der Waals surface area contributed by atoms with Gasteiger partial charge in [-0.3, -0.25) is 4.79 Å². The molecule has 4 aromatic rings. The fourth-order valence-corrected chi connectivity index (χ4v) is 3.58. The molecular formula is C24H17N3O4. The van der Waals surface area contributed by atoms with Crippen molar-refractivity contribution in [2.75, 3.05) is 6.61 Å². The molecule has 1 atom stereocenters. The Morgan fingerprint density at radius 1 is 1.16 bits per heavy atom. The van der Waals surface area contributed by atoms with Crippen LogP contribution in [0.1, 0.15) is 29.5 Å². The van der Waals surface area contributed by atoms with Crippen molar-refractivity contribution in [3.63, 3.8) is 0 Å². The second-order valence-corrected chi connectivity index (χ2v) is 7.10. The number of fused-ring (bicyclic) bond motifs is 1. The third kappa shape index (κ3) is 3.67. The number of hydrogen-bond donors (Lipinski definition) is 0. The normalized spacial score (nSPS) is 15.6. The molecule has 1 aliphatic heterocycles. The van der Waals surface area contributed by atoms with Crippen LogP contribution in [0.2, 0.25) is 0 Å². The van der Waals surface area contributed by atoms with Crippen molar-refractivity contribution in [1.29, 1.82) is 5.26 Å². The minimum absolute atomic E-state index is 0.219. The maximum atomic E-state index is 13.0. The first kappa shape index (κ1) is 18.7. The number of para-hydroxylation sites is 1. The average molecular weight is 411 g/mol. The van der Waals surface area contributed by atoms with Crippen LogP contribution in [0.15, 0.2) is 86.9 Å². The van der Waals surface area contributed by atoms with Crippen molar-refractivity contribution in [3.8, 4) is 11.8 Å². The summed E-state index contributed by atoms with van der Waals surface area (Å²) in [6, 6.07) is 21.6. The molecule has 2 aromatic heterocycles. The van der Waals surface area contributed by atoms with E-state index in [2.05, 4.69) is 11.2 Å². The van der Waals surface area contributed by atoms with Crippen LogP contribution in [-0.2, 0) is 4.79 Å². The van der Waals surface area contributed by atoms with E-state index in [1.165, 1.54) is 5.01 Å². The molecule has 0 saturated carbocycles. The molecule has 7 heteroatoms. The Balaban J connectivity index is 1.40. The predicted octanol–water partition coefficient (Wildman–Crippen LogP) is 4.65. The number of rotatable bonds is 5. The number of ether oxygens (including phenoxy) is 1. The molecule has 31 heavy (non-hydrogen) atoms. The zero-order valence-corrected chi connectivity index (χ0v) is 16.4. The van der Waals surface area contributed by atoms with Gasteiger partial charge >= 0.3 is 0 Å². The lowest BCUT2D eigenvalue weighted by Crippen LogP contribution is -2.31. The molecule has 1 amide bonds. The van der Waals surface area contributed by atoms with Crippen molar-refractivity contribution in [1.82, 2.24) is 5.01 Å². The van der Waals surface area contributed by atoms with Gasteiger partial charge in [0.05, 0.1) is 17.9 Å². The van der Waals surface area contributed by atoms with Crippen LogP contribution >= 0.6 is 0 Å². The SMILES string of the molecule is N#Cc1cccc(OCC(=O)N2N=C(c3cc4ccccc4o3)CC2c2ccco2)c1. The third-order valence-corrected chi connectivity index (χ3v) is 5.07. The highest BCUT2D eigenvalue weighted by Gasteiger charge is 2.36. The second kappa shape index (κ2) is 7.84. The Hall–Kier alpha value is -4.31. The van der Waals surface area contributed by atoms with E-state index in [1.807, 2.05) is 36.4 Å². The maximum absolute atomic E-state index is 13.0. The molecule has 0 aliphatic carbocycles. The number of carbonyl (C=O) groups excluding carboxylic acids is 1. The van der Waals surface area contributed by atoms with Gasteiger partial charge in [-0.15, -0.1) is 0 Å². The van der Waals surface area contributed by atoms with Gasteiger partial charge in [0.1, 0.15) is 28.8 Å². The van der Waals surface area contributed by atoms with E-state index < -0.39 is 0 Å². The summed E-state index contributed by atoms with van der Waals surface area (Å²) in [5.41, 5.74) is 1.89. The van der Waals surface area contributed by atoms with E-state index >= 15 is 0 Å². The van der Waals surface area contributed by atoms with Crippen molar-refractivity contribution in [2.45, 2.75) is 12.5 Å². The quantitative estimate of drug-likeness (QED) is 0.476. The number of hydrogen-bond acceptors (Lipinski definition) is 6. The Morgan fingerprint density at radius 2 is 2.06 bits per heavy atom. The third-order valence-electron chi connectivity index (χ3n) is 5.07. The van der Waals surface area contributed by atoms with E-state index in [9.17, 15) is 4.79 Å². The first-order chi connectivity index (χ1) is 15.2. The second-order valence-electron chi connectivity index (χ2n) is 7.10. The molecule has 3 heterocycles. The molecule has 1 aliphatic rings. The first-order valence-electron chi connectivity index (χ1n) is 9.76. The fourth-order valence-electron chi connectivity index (χ4n) is 3.58. The van der Waals surface area contributed by atoms with Gasteiger partial charge in [0.2, 0.25) is 0 Å². The van der Waals surface area contributed by atoms with Crippen LogP contribution < -0.4 is 4.74 Å². The zero-order chi connectivity index (χ0) is 21.2. The molecule has 0 N–H and O–H groups in total. The smallest absolute Gasteiger partial charge is 0.281 e. The Labute approximate surface area is 177 Å². The van der Waals surface area contributed by atoms with Crippen molar-refractivity contribution < 1.29 is 18.4 Å². The van der Waals surface area contributed by atoms with Gasteiger partial charge in [0.25, 0.3) is 5.91 Å². The van der Waals surface area contributed by atoms with E-state index in [4.69, 9.17) is 18.8 Å². The molecule has 1 unspecified atom stereocenters. The lowest BCUT2D eigenvalue weighted by atomic mass is 10.1. The molecule has 0 bridgehead atoms. The topological polar surface area (TPSA) is 92.0 Å². The minimum atomic E-state index is -0.389. The molecule has 5 rings (SSSR count). The van der Waals surface area contributed by atoms with Crippen LogP contribution in [0.4, 0.5) is 0 Å². The number of carbonyl (C=O) groups is 1. The number of amides is 1. The molecule has 0 radical (unpaired) electrons. The summed E-state index contributed by atoms with van der Waals surface area (Å²) in [5.74, 6) is 1.38. The van der Waals surface area contributed by atoms with E-state index in [0.29, 0.717) is 35.0 Å². The summed E-state index contributed by atoms with van der Waals surface area (Å²) < 4.78 is 17.1. The van der Waals surface area contributed by atoms with Gasteiger partial charge in [-0.05, 0) is 42.5 Å². The van der Waals surface area contributed by atoms with E-state index in [1.54, 1.807) is 36.6 Å². The van der Waals surface area contributed by atoms with Gasteiger partial charge < -0.3 is 13.6 Å². The Kier molecular flexibility index (Phi) is 4.73. The van der Waals surface area contributed by atoms with E-state index in [-0.39, 0.29) is 18.6 Å². The molecule has 0 fully saturated rings. The molecular weight excluding hydrogens is 394 g/mol. The summed E-state index contributed by atoms with van der Waals surface area (Å²) in [6.07, 6.45) is 2.03. The lowest BCUT2D eigenvalue weighted by molar-refractivity contribution is -0.135. The Morgan fingerprint density at radius 3 is 2.87 bits per heavy atom. The number of nitrogens with zero attached hydrogens (tertiary/aromatic N) is 3. The monoisotopic (exact) mass is 411 g/mol. The summed E-state index contributed by atoms with van der Waals surface area (Å²) in [6.45, 7) is -0.219. The van der Waals surface area contributed by atoms with Gasteiger partial charge in [-0.25, -0.2) is 5.01 Å².